The Morgan fingerprint density at radius 2 is 1.73 bits per heavy atom. The topological polar surface area (TPSA) is 108 Å². The van der Waals surface area contributed by atoms with Crippen LogP contribution in [-0.2, 0) is 19.1 Å². The molecule has 4 amide bonds. The van der Waals surface area contributed by atoms with Crippen LogP contribution in [0.5, 0.6) is 0 Å². The molecule has 2 aliphatic heterocycles. The Morgan fingerprint density at radius 3 is 2.34 bits per heavy atom. The molecule has 41 heavy (non-hydrogen) atoms. The van der Waals surface area contributed by atoms with Crippen LogP contribution < -0.4 is 20.4 Å². The molecule has 0 aromatic heterocycles. The normalized spacial score (nSPS) is 26.8. The van der Waals surface area contributed by atoms with E-state index in [2.05, 4.69) is 10.6 Å². The van der Waals surface area contributed by atoms with E-state index in [1.54, 1.807) is 16.8 Å². The van der Waals surface area contributed by atoms with Crippen molar-refractivity contribution in [2.45, 2.75) is 63.5 Å². The summed E-state index contributed by atoms with van der Waals surface area (Å²) in [5.41, 5.74) is 1.88. The van der Waals surface area contributed by atoms with Crippen molar-refractivity contribution in [1.82, 2.24) is 10.6 Å². The van der Waals surface area contributed by atoms with Crippen molar-refractivity contribution in [2.24, 2.45) is 5.41 Å². The zero-order valence-electron chi connectivity index (χ0n) is 23.2. The van der Waals surface area contributed by atoms with Crippen molar-refractivity contribution in [3.8, 4) is 0 Å². The third kappa shape index (κ3) is 4.61. The molecule has 1 atom stereocenters. The van der Waals surface area contributed by atoms with Gasteiger partial charge in [-0.1, -0.05) is 17.7 Å². The molecule has 5 fully saturated rings. The lowest BCUT2D eigenvalue weighted by atomic mass is 9.40. The molecule has 0 radical (unpaired) electrons. The van der Waals surface area contributed by atoms with Crippen LogP contribution in [-0.4, -0.2) is 55.6 Å². The zero-order valence-corrected chi connectivity index (χ0v) is 23.2. The maximum atomic E-state index is 14.9. The van der Waals surface area contributed by atoms with Crippen LogP contribution in [0.15, 0.2) is 30.3 Å². The Labute approximate surface area is 236 Å². The first-order valence-electron chi connectivity index (χ1n) is 13.8. The molecule has 216 valence electrons. The van der Waals surface area contributed by atoms with Crippen LogP contribution >= 0.6 is 0 Å². The number of aryl methyl sites for hydroxylation is 2. The van der Waals surface area contributed by atoms with E-state index in [0.29, 0.717) is 38.0 Å². The van der Waals surface area contributed by atoms with E-state index in [9.17, 15) is 28.0 Å². The summed E-state index contributed by atoms with van der Waals surface area (Å²) < 4.78 is 35.4. The Hall–Kier alpha value is -4.02. The SMILES string of the molecule is Cc1ccc(N(C)C(=O)C23CC(OC(=O)NC4CN(c5cc(F)c(C6CCC(=O)NC6=O)c(F)c5)C4)(C2)C3)c(C)c1. The van der Waals surface area contributed by atoms with Crippen molar-refractivity contribution in [1.29, 1.82) is 0 Å². The highest BCUT2D eigenvalue weighted by molar-refractivity contribution is 6.01. The summed E-state index contributed by atoms with van der Waals surface area (Å²) in [7, 11) is 1.78. The lowest BCUT2D eigenvalue weighted by Gasteiger charge is -2.67. The van der Waals surface area contributed by atoms with Gasteiger partial charge in [0.15, 0.2) is 0 Å². The minimum Gasteiger partial charge on any atom is -0.443 e. The summed E-state index contributed by atoms with van der Waals surface area (Å²) in [6.45, 7) is 4.66. The van der Waals surface area contributed by atoms with Crippen molar-refractivity contribution < 1.29 is 32.7 Å². The van der Waals surface area contributed by atoms with Gasteiger partial charge in [0.1, 0.15) is 17.2 Å². The van der Waals surface area contributed by atoms with Gasteiger partial charge in [-0.2, -0.15) is 0 Å². The molecule has 2 aromatic rings. The fourth-order valence-corrected chi connectivity index (χ4v) is 6.91. The Balaban J connectivity index is 0.986. The summed E-state index contributed by atoms with van der Waals surface area (Å²) in [6, 6.07) is 8.05. The molecule has 1 unspecified atom stereocenters. The maximum absolute atomic E-state index is 14.9. The number of amides is 4. The van der Waals surface area contributed by atoms with E-state index in [-0.39, 0.29) is 30.4 Å². The first-order chi connectivity index (χ1) is 19.4. The molecule has 3 saturated carbocycles. The number of nitrogens with one attached hydrogen (secondary N) is 2. The molecular formula is C30H32F2N4O5. The van der Waals surface area contributed by atoms with E-state index >= 15 is 0 Å². The van der Waals surface area contributed by atoms with Gasteiger partial charge < -0.3 is 19.9 Å². The second-order valence-electron chi connectivity index (χ2n) is 12.1. The molecule has 2 N–H and O–H groups in total. The lowest BCUT2D eigenvalue weighted by molar-refractivity contribution is -0.246. The zero-order chi connectivity index (χ0) is 29.3. The van der Waals surface area contributed by atoms with Gasteiger partial charge in [0.2, 0.25) is 17.7 Å². The Bertz CT molecular complexity index is 1440. The number of benzene rings is 2. The predicted octanol–water partition coefficient (Wildman–Crippen LogP) is 3.60. The molecule has 11 heteroatoms. The van der Waals surface area contributed by atoms with Gasteiger partial charge in [-0.05, 0) is 44.0 Å². The van der Waals surface area contributed by atoms with Crippen LogP contribution in [0.1, 0.15) is 54.7 Å². The number of rotatable bonds is 6. The minimum absolute atomic E-state index is 0.0232. The number of ether oxygens (including phenoxy) is 1. The van der Waals surface area contributed by atoms with Crippen molar-refractivity contribution >= 4 is 35.2 Å². The summed E-state index contributed by atoms with van der Waals surface area (Å²) in [5.74, 6) is -3.87. The minimum atomic E-state index is -1.05. The molecule has 2 aromatic carbocycles. The highest BCUT2D eigenvalue weighted by atomic mass is 19.1. The summed E-state index contributed by atoms with van der Waals surface area (Å²) in [4.78, 5) is 52.7. The second-order valence-corrected chi connectivity index (χ2v) is 12.1. The number of imide groups is 1. The van der Waals surface area contributed by atoms with Crippen LogP contribution in [0, 0.1) is 30.9 Å². The van der Waals surface area contributed by atoms with E-state index in [1.807, 2.05) is 32.0 Å². The molecule has 2 heterocycles. The van der Waals surface area contributed by atoms with Gasteiger partial charge in [0, 0.05) is 62.8 Å². The number of nitrogens with zero attached hydrogens (tertiary/aromatic N) is 2. The fourth-order valence-electron chi connectivity index (χ4n) is 6.91. The summed E-state index contributed by atoms with van der Waals surface area (Å²) in [5, 5.41) is 4.92. The van der Waals surface area contributed by atoms with Crippen LogP contribution in [0.25, 0.3) is 0 Å². The number of carbonyl (C=O) groups excluding carboxylic acids is 4. The van der Waals surface area contributed by atoms with Crippen molar-refractivity contribution in [3.05, 3.63) is 58.7 Å². The fraction of sp³-hybridized carbons (Fsp3) is 0.467. The number of halogens is 2. The molecule has 3 aliphatic carbocycles. The highest BCUT2D eigenvalue weighted by Crippen LogP contribution is 2.69. The van der Waals surface area contributed by atoms with Crippen molar-refractivity contribution in [2.75, 3.05) is 29.9 Å². The molecular weight excluding hydrogens is 534 g/mol. The number of piperidine rings is 1. The molecule has 2 saturated heterocycles. The van der Waals surface area contributed by atoms with E-state index < -0.39 is 46.5 Å². The van der Waals surface area contributed by atoms with E-state index in [1.165, 1.54) is 12.1 Å². The highest BCUT2D eigenvalue weighted by Gasteiger charge is 2.75. The number of alkyl carbamates (subject to hydrolysis) is 1. The van der Waals surface area contributed by atoms with Crippen molar-refractivity contribution in [3.63, 3.8) is 0 Å². The smallest absolute Gasteiger partial charge is 0.408 e. The van der Waals surface area contributed by atoms with Crippen LogP contribution in [0.4, 0.5) is 25.0 Å². The average molecular weight is 567 g/mol. The molecule has 0 spiro atoms. The first kappa shape index (κ1) is 27.2. The van der Waals surface area contributed by atoms with Gasteiger partial charge >= 0.3 is 6.09 Å². The quantitative estimate of drug-likeness (QED) is 0.518. The second kappa shape index (κ2) is 9.53. The summed E-state index contributed by atoms with van der Waals surface area (Å²) >= 11 is 0. The maximum Gasteiger partial charge on any atom is 0.408 e. The van der Waals surface area contributed by atoms with E-state index in [4.69, 9.17) is 4.74 Å². The van der Waals surface area contributed by atoms with Crippen LogP contribution in [0.2, 0.25) is 0 Å². The lowest BCUT2D eigenvalue weighted by Crippen LogP contribution is -2.74. The molecule has 5 aliphatic rings. The predicted molar refractivity (Wildman–Crippen MR) is 145 cm³/mol. The number of carbonyl (C=O) groups is 4. The monoisotopic (exact) mass is 566 g/mol. The Kier molecular flexibility index (Phi) is 6.31. The van der Waals surface area contributed by atoms with Gasteiger partial charge in [-0.15, -0.1) is 0 Å². The first-order valence-corrected chi connectivity index (χ1v) is 13.8. The third-order valence-corrected chi connectivity index (χ3v) is 8.98. The van der Waals surface area contributed by atoms with Gasteiger partial charge in [-0.3, -0.25) is 19.7 Å². The third-order valence-electron chi connectivity index (χ3n) is 8.98. The van der Waals surface area contributed by atoms with Crippen LogP contribution in [0.3, 0.4) is 0 Å². The Morgan fingerprint density at radius 1 is 1.07 bits per heavy atom. The standard InChI is InChI=1S/C30H32F2N4O5/c1-16-4-6-23(17(2)8-16)35(3)27(39)29-13-30(14-29,15-29)41-28(40)33-18-11-36(12-18)19-9-21(31)25(22(32)10-19)20-5-7-24(37)34-26(20)38/h4,6,8-10,18,20H,5,7,11-15H2,1-3H3,(H,33,40)(H,34,37,38). The van der Waals surface area contributed by atoms with Gasteiger partial charge in [0.05, 0.1) is 17.4 Å². The van der Waals surface area contributed by atoms with Gasteiger partial charge in [-0.25, -0.2) is 13.6 Å². The number of hydrogen-bond donors (Lipinski definition) is 2. The number of anilines is 2. The average Bonchev–Trinajstić information content (AvgIpc) is 2.82. The van der Waals surface area contributed by atoms with Gasteiger partial charge in [0.25, 0.3) is 0 Å². The molecule has 7 rings (SSSR count). The number of hydrogen-bond acceptors (Lipinski definition) is 6. The van der Waals surface area contributed by atoms with E-state index in [0.717, 1.165) is 16.8 Å². The largest absolute Gasteiger partial charge is 0.443 e. The molecule has 2 bridgehead atoms. The summed E-state index contributed by atoms with van der Waals surface area (Å²) in [6.07, 6.45) is 0.998. The molecule has 9 nitrogen and oxygen atoms in total.